The topological polar surface area (TPSA) is 0 Å². The number of allylic oxidation sites excluding steroid dienone is 1. The first-order chi connectivity index (χ1) is 5.24. The Balaban J connectivity index is -0.000000403. The molecule has 82 valence electrons. The number of rotatable bonds is 2. The molecule has 0 heteroatoms. The summed E-state index contributed by atoms with van der Waals surface area (Å²) >= 11 is 0. The highest BCUT2D eigenvalue weighted by Gasteiger charge is 1.93. The molecule has 0 fully saturated rings. The number of aryl methyl sites for hydroxylation is 1. The van der Waals surface area contributed by atoms with E-state index in [-0.39, 0.29) is 22.3 Å². The van der Waals surface area contributed by atoms with Crippen LogP contribution >= 0.6 is 0 Å². The molecule has 0 amide bonds. The average molecular weight is 194 g/mol. The van der Waals surface area contributed by atoms with E-state index >= 15 is 0 Å². The predicted octanol–water partition coefficient (Wildman–Crippen LogP) is 5.33. The minimum Gasteiger partial charge on any atom is -0.0952 e. The largest absolute Gasteiger partial charge is 0.0952 e. The summed E-state index contributed by atoms with van der Waals surface area (Å²) in [6.07, 6.45) is 1.03. The molecular weight excluding hydrogens is 168 g/mol. The first kappa shape index (κ1) is 18.7. The number of hydrogen-bond donors (Lipinski definition) is 0. The molecule has 14 heavy (non-hydrogen) atoms. The first-order valence-electron chi connectivity index (χ1n) is 3.99. The standard InChI is InChI=1S/C11H14.3CH4/c1-4-10(3)11-7-5-9(2)6-8-11;;;/h5-8H,3-4H2,1-2H3;3*1H4. The molecule has 0 aliphatic heterocycles. The van der Waals surface area contributed by atoms with Crippen LogP contribution in [0.1, 0.15) is 46.8 Å². The monoisotopic (exact) mass is 194 g/mol. The maximum atomic E-state index is 3.97. The van der Waals surface area contributed by atoms with E-state index < -0.39 is 0 Å². The van der Waals surface area contributed by atoms with Gasteiger partial charge in [0, 0.05) is 0 Å². The minimum atomic E-state index is 0. The van der Waals surface area contributed by atoms with Crippen molar-refractivity contribution in [2.45, 2.75) is 42.5 Å². The van der Waals surface area contributed by atoms with E-state index in [1.807, 2.05) is 0 Å². The van der Waals surface area contributed by atoms with Gasteiger partial charge in [-0.1, -0.05) is 65.6 Å². The SMILES string of the molecule is C.C.C.C=C(CC)c1ccc(C)cc1. The fourth-order valence-corrected chi connectivity index (χ4v) is 0.993. The molecule has 0 aromatic heterocycles. The molecule has 0 heterocycles. The molecular formula is C14H26. The van der Waals surface area contributed by atoms with Gasteiger partial charge in [0.15, 0.2) is 0 Å². The van der Waals surface area contributed by atoms with E-state index in [9.17, 15) is 0 Å². The summed E-state index contributed by atoms with van der Waals surface area (Å²) in [5.74, 6) is 0. The van der Waals surface area contributed by atoms with E-state index in [1.165, 1.54) is 16.7 Å². The quantitative estimate of drug-likeness (QED) is 0.597. The van der Waals surface area contributed by atoms with Gasteiger partial charge in [-0.2, -0.15) is 0 Å². The van der Waals surface area contributed by atoms with Gasteiger partial charge in [-0.3, -0.25) is 0 Å². The van der Waals surface area contributed by atoms with Gasteiger partial charge >= 0.3 is 0 Å². The van der Waals surface area contributed by atoms with Crippen LogP contribution in [0.3, 0.4) is 0 Å². The fraction of sp³-hybridized carbons (Fsp3) is 0.429. The molecule has 0 saturated heterocycles. The molecule has 0 nitrogen and oxygen atoms in total. The van der Waals surface area contributed by atoms with Crippen LogP contribution in [-0.2, 0) is 0 Å². The van der Waals surface area contributed by atoms with E-state index in [2.05, 4.69) is 44.7 Å². The predicted molar refractivity (Wildman–Crippen MR) is 70.7 cm³/mol. The van der Waals surface area contributed by atoms with Crippen LogP contribution in [0.5, 0.6) is 0 Å². The summed E-state index contributed by atoms with van der Waals surface area (Å²) in [4.78, 5) is 0. The summed E-state index contributed by atoms with van der Waals surface area (Å²) in [6.45, 7) is 8.20. The van der Waals surface area contributed by atoms with Gasteiger partial charge in [-0.05, 0) is 24.5 Å². The lowest BCUT2D eigenvalue weighted by molar-refractivity contribution is 1.24. The van der Waals surface area contributed by atoms with Crippen LogP contribution in [0.2, 0.25) is 0 Å². The van der Waals surface area contributed by atoms with Crippen molar-refractivity contribution in [2.24, 2.45) is 0 Å². The van der Waals surface area contributed by atoms with Crippen molar-refractivity contribution < 1.29 is 0 Å². The summed E-state index contributed by atoms with van der Waals surface area (Å²) in [5.41, 5.74) is 3.78. The van der Waals surface area contributed by atoms with Crippen molar-refractivity contribution >= 4 is 5.57 Å². The van der Waals surface area contributed by atoms with Crippen LogP contribution in [0.25, 0.3) is 5.57 Å². The van der Waals surface area contributed by atoms with Crippen molar-refractivity contribution in [2.75, 3.05) is 0 Å². The summed E-state index contributed by atoms with van der Waals surface area (Å²) in [6, 6.07) is 8.49. The minimum absolute atomic E-state index is 0. The third kappa shape index (κ3) is 4.86. The second-order valence-electron chi connectivity index (χ2n) is 2.82. The third-order valence-electron chi connectivity index (χ3n) is 1.89. The Kier molecular flexibility index (Phi) is 11.4. The maximum absolute atomic E-state index is 3.97. The van der Waals surface area contributed by atoms with Crippen molar-refractivity contribution in [3.8, 4) is 0 Å². The van der Waals surface area contributed by atoms with Gasteiger partial charge < -0.3 is 0 Å². The Labute approximate surface area is 90.7 Å². The van der Waals surface area contributed by atoms with Crippen LogP contribution < -0.4 is 0 Å². The molecule has 0 aliphatic carbocycles. The lowest BCUT2D eigenvalue weighted by atomic mass is 10.0. The van der Waals surface area contributed by atoms with Gasteiger partial charge in [0.2, 0.25) is 0 Å². The second-order valence-corrected chi connectivity index (χ2v) is 2.82. The zero-order valence-corrected chi connectivity index (χ0v) is 7.22. The highest BCUT2D eigenvalue weighted by molar-refractivity contribution is 5.62. The van der Waals surface area contributed by atoms with Gasteiger partial charge in [-0.15, -0.1) is 0 Å². The number of hydrogen-bond acceptors (Lipinski definition) is 0. The van der Waals surface area contributed by atoms with Gasteiger partial charge in [0.05, 0.1) is 0 Å². The van der Waals surface area contributed by atoms with Crippen LogP contribution in [0.4, 0.5) is 0 Å². The zero-order chi connectivity index (χ0) is 8.27. The highest BCUT2D eigenvalue weighted by Crippen LogP contribution is 2.15. The van der Waals surface area contributed by atoms with Crippen molar-refractivity contribution in [1.82, 2.24) is 0 Å². The molecule has 0 N–H and O–H groups in total. The summed E-state index contributed by atoms with van der Waals surface area (Å²) in [7, 11) is 0. The van der Waals surface area contributed by atoms with E-state index in [4.69, 9.17) is 0 Å². The summed E-state index contributed by atoms with van der Waals surface area (Å²) in [5, 5.41) is 0. The van der Waals surface area contributed by atoms with Crippen molar-refractivity contribution in [3.05, 3.63) is 42.0 Å². The average Bonchev–Trinajstić information content (AvgIpc) is 2.05. The molecule has 0 bridgehead atoms. The van der Waals surface area contributed by atoms with E-state index in [1.54, 1.807) is 0 Å². The zero-order valence-electron chi connectivity index (χ0n) is 7.22. The fourth-order valence-electron chi connectivity index (χ4n) is 0.993. The third-order valence-corrected chi connectivity index (χ3v) is 1.89. The molecule has 0 spiro atoms. The van der Waals surface area contributed by atoms with Crippen LogP contribution in [0, 0.1) is 6.92 Å². The second kappa shape index (κ2) is 8.55. The molecule has 1 aromatic carbocycles. The molecule has 0 atom stereocenters. The molecule has 0 aliphatic rings. The smallest absolute Gasteiger partial charge is 0.0230 e. The Hall–Kier alpha value is -1.04. The summed E-state index contributed by atoms with van der Waals surface area (Å²) < 4.78 is 0. The Morgan fingerprint density at radius 1 is 1.07 bits per heavy atom. The van der Waals surface area contributed by atoms with Crippen LogP contribution in [0.15, 0.2) is 30.8 Å². The Morgan fingerprint density at radius 3 is 1.86 bits per heavy atom. The Morgan fingerprint density at radius 2 is 1.50 bits per heavy atom. The normalized spacial score (nSPS) is 7.57. The van der Waals surface area contributed by atoms with Crippen molar-refractivity contribution in [1.29, 1.82) is 0 Å². The van der Waals surface area contributed by atoms with Gasteiger partial charge in [-0.25, -0.2) is 0 Å². The van der Waals surface area contributed by atoms with Gasteiger partial charge in [0.25, 0.3) is 0 Å². The molecule has 0 saturated carbocycles. The van der Waals surface area contributed by atoms with Crippen LogP contribution in [-0.4, -0.2) is 0 Å². The maximum Gasteiger partial charge on any atom is -0.0230 e. The molecule has 1 rings (SSSR count). The van der Waals surface area contributed by atoms with Gasteiger partial charge in [0.1, 0.15) is 0 Å². The lowest BCUT2D eigenvalue weighted by Gasteiger charge is -2.01. The molecule has 1 aromatic rings. The Bertz CT molecular complexity index is 241. The lowest BCUT2D eigenvalue weighted by Crippen LogP contribution is -1.80. The first-order valence-corrected chi connectivity index (χ1v) is 3.99. The molecule has 0 radical (unpaired) electrons. The number of benzene rings is 1. The highest BCUT2D eigenvalue weighted by atomic mass is 14.0. The molecule has 0 unspecified atom stereocenters. The van der Waals surface area contributed by atoms with E-state index in [0.29, 0.717) is 0 Å². The van der Waals surface area contributed by atoms with Crippen molar-refractivity contribution in [3.63, 3.8) is 0 Å². The van der Waals surface area contributed by atoms with E-state index in [0.717, 1.165) is 6.42 Å².